The molecule has 1 aromatic heterocycles. The van der Waals surface area contributed by atoms with Crippen molar-refractivity contribution in [2.45, 2.75) is 6.92 Å². The lowest BCUT2D eigenvalue weighted by Gasteiger charge is -2.07. The van der Waals surface area contributed by atoms with Gasteiger partial charge in [-0.15, -0.1) is 0 Å². The highest BCUT2D eigenvalue weighted by Crippen LogP contribution is 2.32. The van der Waals surface area contributed by atoms with E-state index < -0.39 is 0 Å². The van der Waals surface area contributed by atoms with E-state index in [-0.39, 0.29) is 0 Å². The van der Waals surface area contributed by atoms with Crippen LogP contribution in [-0.2, 0) is 0 Å². The zero-order valence-corrected chi connectivity index (χ0v) is 13.2. The summed E-state index contributed by atoms with van der Waals surface area (Å²) in [4.78, 5) is 4.42. The Morgan fingerprint density at radius 2 is 1.70 bits per heavy atom. The van der Waals surface area contributed by atoms with Crippen molar-refractivity contribution in [1.29, 1.82) is 0 Å². The molecule has 0 bridgehead atoms. The Balaban J connectivity index is 1.97. The summed E-state index contributed by atoms with van der Waals surface area (Å²) in [6, 6.07) is 11.1. The molecule has 3 rings (SSSR count). The van der Waals surface area contributed by atoms with Crippen LogP contribution >= 0.6 is 0 Å². The number of benzene rings is 2. The fourth-order valence-corrected chi connectivity index (χ4v) is 2.21. The Morgan fingerprint density at radius 3 is 2.39 bits per heavy atom. The fourth-order valence-electron chi connectivity index (χ4n) is 2.21. The van der Waals surface area contributed by atoms with Crippen LogP contribution in [0.25, 0.3) is 22.8 Å². The number of aryl methyl sites for hydroxylation is 1. The molecular weight excluding hydrogens is 294 g/mol. The van der Waals surface area contributed by atoms with E-state index >= 15 is 0 Å². The number of hydrogen-bond acceptors (Lipinski definition) is 6. The number of nitrogens with two attached hydrogens (primary N) is 1. The van der Waals surface area contributed by atoms with Crippen LogP contribution in [0.15, 0.2) is 40.9 Å². The van der Waals surface area contributed by atoms with Crippen molar-refractivity contribution in [3.05, 3.63) is 42.0 Å². The van der Waals surface area contributed by atoms with Crippen molar-refractivity contribution in [2.24, 2.45) is 0 Å². The molecule has 118 valence electrons. The van der Waals surface area contributed by atoms with Crippen LogP contribution in [0.4, 0.5) is 5.69 Å². The van der Waals surface area contributed by atoms with Crippen LogP contribution in [0.5, 0.6) is 11.5 Å². The van der Waals surface area contributed by atoms with Crippen molar-refractivity contribution >= 4 is 5.69 Å². The molecule has 0 fully saturated rings. The molecule has 0 saturated carbocycles. The minimum atomic E-state index is 0.418. The van der Waals surface area contributed by atoms with Gasteiger partial charge in [-0.05, 0) is 42.8 Å². The zero-order valence-electron chi connectivity index (χ0n) is 13.2. The third kappa shape index (κ3) is 2.83. The van der Waals surface area contributed by atoms with E-state index in [1.165, 1.54) is 0 Å². The average molecular weight is 311 g/mol. The lowest BCUT2D eigenvalue weighted by molar-refractivity contribution is 0.355. The van der Waals surface area contributed by atoms with Crippen LogP contribution in [-0.4, -0.2) is 24.4 Å². The average Bonchev–Trinajstić information content (AvgIpc) is 3.06. The smallest absolute Gasteiger partial charge is 0.258 e. The van der Waals surface area contributed by atoms with E-state index in [0.29, 0.717) is 28.9 Å². The first kappa shape index (κ1) is 14.9. The summed E-state index contributed by atoms with van der Waals surface area (Å²) in [5, 5.41) is 4.02. The van der Waals surface area contributed by atoms with E-state index in [1.54, 1.807) is 26.4 Å². The van der Waals surface area contributed by atoms with E-state index in [4.69, 9.17) is 19.7 Å². The molecule has 23 heavy (non-hydrogen) atoms. The molecule has 0 aliphatic rings. The number of nitrogens with zero attached hydrogens (tertiary/aromatic N) is 2. The van der Waals surface area contributed by atoms with Gasteiger partial charge in [0.1, 0.15) is 0 Å². The maximum atomic E-state index is 5.93. The first-order valence-electron chi connectivity index (χ1n) is 7.05. The molecule has 0 saturated heterocycles. The minimum absolute atomic E-state index is 0.418. The molecule has 3 aromatic rings. The van der Waals surface area contributed by atoms with Gasteiger partial charge in [-0.3, -0.25) is 0 Å². The predicted molar refractivity (Wildman–Crippen MR) is 87.4 cm³/mol. The Morgan fingerprint density at radius 1 is 0.957 bits per heavy atom. The molecule has 0 amide bonds. The first-order valence-corrected chi connectivity index (χ1v) is 7.05. The van der Waals surface area contributed by atoms with Gasteiger partial charge in [0.2, 0.25) is 5.82 Å². The highest BCUT2D eigenvalue weighted by molar-refractivity contribution is 5.66. The van der Waals surface area contributed by atoms with Crippen molar-refractivity contribution in [3.8, 4) is 34.3 Å². The zero-order chi connectivity index (χ0) is 16.4. The molecule has 6 heteroatoms. The number of aromatic nitrogens is 2. The van der Waals surface area contributed by atoms with E-state index in [1.807, 2.05) is 31.2 Å². The predicted octanol–water partition coefficient (Wildman–Crippen LogP) is 3.31. The van der Waals surface area contributed by atoms with Crippen LogP contribution in [0.1, 0.15) is 5.56 Å². The molecule has 0 radical (unpaired) electrons. The Kier molecular flexibility index (Phi) is 3.89. The first-order chi connectivity index (χ1) is 11.1. The van der Waals surface area contributed by atoms with Crippen molar-refractivity contribution in [3.63, 3.8) is 0 Å². The lowest BCUT2D eigenvalue weighted by atomic mass is 10.1. The molecule has 2 N–H and O–H groups in total. The summed E-state index contributed by atoms with van der Waals surface area (Å²) in [6.07, 6.45) is 0. The quantitative estimate of drug-likeness (QED) is 0.744. The van der Waals surface area contributed by atoms with E-state index in [2.05, 4.69) is 10.1 Å². The maximum Gasteiger partial charge on any atom is 0.258 e. The highest BCUT2D eigenvalue weighted by Gasteiger charge is 2.13. The van der Waals surface area contributed by atoms with Crippen molar-refractivity contribution in [1.82, 2.24) is 10.1 Å². The SMILES string of the molecule is COc1ccc(-c2noc(-c3ccc(C)c(N)c3)n2)cc1OC. The fraction of sp³-hybridized carbons (Fsp3) is 0.176. The molecule has 0 unspecified atom stereocenters. The Bertz CT molecular complexity index is 843. The second-order valence-corrected chi connectivity index (χ2v) is 5.06. The van der Waals surface area contributed by atoms with E-state index in [9.17, 15) is 0 Å². The summed E-state index contributed by atoms with van der Waals surface area (Å²) >= 11 is 0. The van der Waals surface area contributed by atoms with Gasteiger partial charge in [0.15, 0.2) is 11.5 Å². The number of rotatable bonds is 4. The minimum Gasteiger partial charge on any atom is -0.493 e. The van der Waals surface area contributed by atoms with Gasteiger partial charge in [-0.1, -0.05) is 11.2 Å². The van der Waals surface area contributed by atoms with Crippen molar-refractivity contribution in [2.75, 3.05) is 20.0 Å². The number of anilines is 1. The summed E-state index contributed by atoms with van der Waals surface area (Å²) in [5.74, 6) is 2.14. The molecule has 1 heterocycles. The Hall–Kier alpha value is -3.02. The monoisotopic (exact) mass is 311 g/mol. The molecule has 2 aromatic carbocycles. The van der Waals surface area contributed by atoms with Gasteiger partial charge >= 0.3 is 0 Å². The number of nitrogen functional groups attached to an aromatic ring is 1. The van der Waals surface area contributed by atoms with Gasteiger partial charge in [0, 0.05) is 16.8 Å². The number of methoxy groups -OCH3 is 2. The summed E-state index contributed by atoms with van der Waals surface area (Å²) in [6.45, 7) is 1.95. The molecule has 0 aliphatic carbocycles. The van der Waals surface area contributed by atoms with Crippen molar-refractivity contribution < 1.29 is 14.0 Å². The molecule has 0 atom stereocenters. The number of hydrogen-bond donors (Lipinski definition) is 1. The molecule has 0 spiro atoms. The van der Waals surface area contributed by atoms with Crippen LogP contribution in [0.2, 0.25) is 0 Å². The largest absolute Gasteiger partial charge is 0.493 e. The van der Waals surface area contributed by atoms with Gasteiger partial charge < -0.3 is 19.7 Å². The third-order valence-electron chi connectivity index (χ3n) is 3.59. The summed E-state index contributed by atoms with van der Waals surface area (Å²) < 4.78 is 15.9. The normalized spacial score (nSPS) is 10.6. The molecule has 6 nitrogen and oxygen atoms in total. The van der Waals surface area contributed by atoms with Gasteiger partial charge in [-0.25, -0.2) is 0 Å². The van der Waals surface area contributed by atoms with Crippen LogP contribution in [0, 0.1) is 6.92 Å². The Labute approximate surface area is 133 Å². The summed E-state index contributed by atoms with van der Waals surface area (Å²) in [5.41, 5.74) is 9.18. The second kappa shape index (κ2) is 6.00. The van der Waals surface area contributed by atoms with Gasteiger partial charge in [0.25, 0.3) is 5.89 Å². The lowest BCUT2D eigenvalue weighted by Crippen LogP contribution is -1.91. The molecular formula is C17H17N3O3. The number of ether oxygens (including phenoxy) is 2. The standard InChI is InChI=1S/C17H17N3O3/c1-10-4-5-12(8-13(10)18)17-19-16(20-23-17)11-6-7-14(21-2)15(9-11)22-3/h4-9H,18H2,1-3H3. The second-order valence-electron chi connectivity index (χ2n) is 5.06. The maximum absolute atomic E-state index is 5.93. The van der Waals surface area contributed by atoms with Crippen LogP contribution in [0.3, 0.4) is 0 Å². The van der Waals surface area contributed by atoms with Gasteiger partial charge in [0.05, 0.1) is 14.2 Å². The van der Waals surface area contributed by atoms with Gasteiger partial charge in [-0.2, -0.15) is 4.98 Å². The van der Waals surface area contributed by atoms with E-state index in [0.717, 1.165) is 16.7 Å². The third-order valence-corrected chi connectivity index (χ3v) is 3.59. The summed E-state index contributed by atoms with van der Waals surface area (Å²) in [7, 11) is 3.17. The highest BCUT2D eigenvalue weighted by atomic mass is 16.5. The van der Waals surface area contributed by atoms with Crippen LogP contribution < -0.4 is 15.2 Å². The molecule has 0 aliphatic heterocycles. The topological polar surface area (TPSA) is 83.4 Å².